The van der Waals surface area contributed by atoms with Crippen molar-refractivity contribution < 1.29 is 9.32 Å². The molecular weight excluding hydrogens is 440 g/mol. The number of fused-ring (bicyclic) bond motifs is 1. The number of pyridine rings is 2. The largest absolute Gasteiger partial charge is 0.338 e. The lowest BCUT2D eigenvalue weighted by Crippen LogP contribution is -2.28. The second-order valence-corrected chi connectivity index (χ2v) is 9.36. The average Bonchev–Trinajstić information content (AvgIpc) is 3.50. The van der Waals surface area contributed by atoms with Crippen LogP contribution in [0.2, 0.25) is 0 Å². The predicted octanol–water partition coefficient (Wildman–Crippen LogP) is 5.67. The van der Waals surface area contributed by atoms with Crippen molar-refractivity contribution in [3.05, 3.63) is 90.6 Å². The van der Waals surface area contributed by atoms with Crippen LogP contribution in [0.1, 0.15) is 32.0 Å². The van der Waals surface area contributed by atoms with Gasteiger partial charge >= 0.3 is 6.03 Å². The van der Waals surface area contributed by atoms with Gasteiger partial charge < -0.3 is 9.84 Å². The summed E-state index contributed by atoms with van der Waals surface area (Å²) in [6, 6.07) is 17.5. The highest BCUT2D eigenvalue weighted by Gasteiger charge is 2.19. The molecule has 0 saturated carbocycles. The first kappa shape index (κ1) is 22.3. The number of hydrogen-bond donors (Lipinski definition) is 2. The molecule has 4 heterocycles. The minimum absolute atomic E-state index is 0.154. The van der Waals surface area contributed by atoms with E-state index in [-0.39, 0.29) is 11.4 Å². The number of urea groups is 1. The van der Waals surface area contributed by atoms with Crippen molar-refractivity contribution in [1.29, 1.82) is 0 Å². The molecule has 0 atom stereocenters. The van der Waals surface area contributed by atoms with Crippen LogP contribution in [-0.4, -0.2) is 25.6 Å². The molecule has 4 aromatic heterocycles. The average molecular weight is 467 g/mol. The maximum atomic E-state index is 12.4. The van der Waals surface area contributed by atoms with Gasteiger partial charge in [-0.2, -0.15) is 0 Å². The molecule has 5 aromatic rings. The van der Waals surface area contributed by atoms with Crippen molar-refractivity contribution in [2.75, 3.05) is 5.32 Å². The molecule has 0 fully saturated rings. The molecule has 0 saturated heterocycles. The lowest BCUT2D eigenvalue weighted by atomic mass is 9.92. The van der Waals surface area contributed by atoms with Gasteiger partial charge in [-0.25, -0.2) is 9.78 Å². The zero-order valence-corrected chi connectivity index (χ0v) is 19.8. The Balaban J connectivity index is 1.28. The third-order valence-electron chi connectivity index (χ3n) is 5.72. The van der Waals surface area contributed by atoms with E-state index in [9.17, 15) is 4.79 Å². The van der Waals surface area contributed by atoms with Crippen LogP contribution < -0.4 is 10.6 Å². The molecule has 0 radical (unpaired) electrons. The Labute approximate surface area is 203 Å². The summed E-state index contributed by atoms with van der Waals surface area (Å²) in [6.07, 6.45) is 7.45. The normalized spacial score (nSPS) is 11.5. The summed E-state index contributed by atoms with van der Waals surface area (Å²) in [6.45, 7) is 6.46. The van der Waals surface area contributed by atoms with E-state index in [1.165, 1.54) is 0 Å². The van der Waals surface area contributed by atoms with E-state index in [0.29, 0.717) is 12.4 Å². The molecular formula is C27H26N6O2. The number of nitrogens with one attached hydrogen (secondary N) is 2. The summed E-state index contributed by atoms with van der Waals surface area (Å²) in [7, 11) is 0. The first-order valence-electron chi connectivity index (χ1n) is 11.4. The number of nitrogens with zero attached hydrogens (tertiary/aromatic N) is 4. The van der Waals surface area contributed by atoms with E-state index in [2.05, 4.69) is 42.3 Å². The highest BCUT2D eigenvalue weighted by Crippen LogP contribution is 2.26. The standard InChI is InChI=1S/C27H26N6O2/c1-27(2,3)23-15-25(35-32-23)31-26(34)30-16-18-5-4-6-21(13-18)22-17-29-24-14-20(9-12-33(22)24)19-7-10-28-11-8-19/h4-15,17H,16H2,1-3H3,(H2,30,31,34). The van der Waals surface area contributed by atoms with Gasteiger partial charge in [0.25, 0.3) is 0 Å². The van der Waals surface area contributed by atoms with E-state index in [4.69, 9.17) is 4.52 Å². The molecule has 0 aliphatic heterocycles. The summed E-state index contributed by atoms with van der Waals surface area (Å²) >= 11 is 0. The summed E-state index contributed by atoms with van der Waals surface area (Å²) in [5.74, 6) is 0.318. The molecule has 0 aliphatic carbocycles. The van der Waals surface area contributed by atoms with E-state index < -0.39 is 0 Å². The third-order valence-corrected chi connectivity index (χ3v) is 5.72. The van der Waals surface area contributed by atoms with Crippen LogP contribution >= 0.6 is 0 Å². The third kappa shape index (κ3) is 4.91. The fourth-order valence-corrected chi connectivity index (χ4v) is 3.78. The molecule has 176 valence electrons. The first-order chi connectivity index (χ1) is 16.9. The first-order valence-corrected chi connectivity index (χ1v) is 11.4. The molecule has 2 N–H and O–H groups in total. The van der Waals surface area contributed by atoms with Crippen LogP contribution in [0.15, 0.2) is 83.9 Å². The van der Waals surface area contributed by atoms with Crippen LogP contribution in [-0.2, 0) is 12.0 Å². The van der Waals surface area contributed by atoms with E-state index in [1.54, 1.807) is 18.5 Å². The molecule has 0 unspecified atom stereocenters. The van der Waals surface area contributed by atoms with Crippen molar-refractivity contribution in [3.8, 4) is 22.4 Å². The van der Waals surface area contributed by atoms with Crippen molar-refractivity contribution in [1.82, 2.24) is 24.8 Å². The summed E-state index contributed by atoms with van der Waals surface area (Å²) in [4.78, 5) is 21.0. The summed E-state index contributed by atoms with van der Waals surface area (Å²) in [5.41, 5.74) is 6.62. The van der Waals surface area contributed by atoms with Crippen LogP contribution in [0.4, 0.5) is 10.7 Å². The Bertz CT molecular complexity index is 1480. The van der Waals surface area contributed by atoms with Crippen molar-refractivity contribution in [2.24, 2.45) is 0 Å². The summed E-state index contributed by atoms with van der Waals surface area (Å²) < 4.78 is 7.28. The number of imidazole rings is 1. The van der Waals surface area contributed by atoms with Crippen LogP contribution in [0.5, 0.6) is 0 Å². The summed E-state index contributed by atoms with van der Waals surface area (Å²) in [5, 5.41) is 9.58. The molecule has 8 heteroatoms. The predicted molar refractivity (Wildman–Crippen MR) is 135 cm³/mol. The Kier molecular flexibility index (Phi) is 5.78. The number of amides is 2. The quantitative estimate of drug-likeness (QED) is 0.348. The number of carbonyl (C=O) groups excluding carboxylic acids is 1. The maximum absolute atomic E-state index is 12.4. The lowest BCUT2D eigenvalue weighted by Gasteiger charge is -2.12. The van der Waals surface area contributed by atoms with Gasteiger partial charge in [0.1, 0.15) is 5.65 Å². The minimum Gasteiger partial charge on any atom is -0.338 e. The van der Waals surface area contributed by atoms with Gasteiger partial charge in [0.2, 0.25) is 5.88 Å². The number of carbonyl (C=O) groups is 1. The molecule has 0 bridgehead atoms. The monoisotopic (exact) mass is 466 g/mol. The smallest absolute Gasteiger partial charge is 0.321 e. The molecule has 8 nitrogen and oxygen atoms in total. The van der Waals surface area contributed by atoms with Crippen molar-refractivity contribution in [3.63, 3.8) is 0 Å². The highest BCUT2D eigenvalue weighted by atomic mass is 16.5. The fraction of sp³-hybridized carbons (Fsp3) is 0.185. The Hall–Kier alpha value is -4.46. The molecule has 5 rings (SSSR count). The van der Waals surface area contributed by atoms with Gasteiger partial charge in [0.05, 0.1) is 17.6 Å². The Morgan fingerprint density at radius 2 is 1.83 bits per heavy atom. The van der Waals surface area contributed by atoms with Gasteiger partial charge in [-0.15, -0.1) is 0 Å². The number of benzene rings is 1. The van der Waals surface area contributed by atoms with E-state index in [1.807, 2.05) is 69.6 Å². The van der Waals surface area contributed by atoms with Gasteiger partial charge in [0, 0.05) is 42.2 Å². The molecule has 0 spiro atoms. The van der Waals surface area contributed by atoms with E-state index in [0.717, 1.165) is 39.3 Å². The van der Waals surface area contributed by atoms with Gasteiger partial charge in [0.15, 0.2) is 0 Å². The van der Waals surface area contributed by atoms with Crippen LogP contribution in [0, 0.1) is 0 Å². The number of hydrogen-bond acceptors (Lipinski definition) is 5. The second kappa shape index (κ2) is 9.06. The highest BCUT2D eigenvalue weighted by molar-refractivity contribution is 5.87. The molecule has 35 heavy (non-hydrogen) atoms. The maximum Gasteiger partial charge on any atom is 0.321 e. The van der Waals surface area contributed by atoms with Gasteiger partial charge in [-0.3, -0.25) is 14.7 Å². The fourth-order valence-electron chi connectivity index (χ4n) is 3.78. The van der Waals surface area contributed by atoms with Crippen molar-refractivity contribution >= 4 is 17.6 Å². The van der Waals surface area contributed by atoms with E-state index >= 15 is 0 Å². The lowest BCUT2D eigenvalue weighted by molar-refractivity contribution is 0.251. The minimum atomic E-state index is -0.356. The van der Waals surface area contributed by atoms with Gasteiger partial charge in [-0.05, 0) is 47.0 Å². The van der Waals surface area contributed by atoms with Crippen LogP contribution in [0.25, 0.3) is 28.0 Å². The zero-order valence-electron chi connectivity index (χ0n) is 19.8. The van der Waals surface area contributed by atoms with Gasteiger partial charge in [-0.1, -0.05) is 44.1 Å². The number of anilines is 1. The molecule has 0 aliphatic rings. The van der Waals surface area contributed by atoms with Crippen LogP contribution in [0.3, 0.4) is 0 Å². The molecule has 2 amide bonds. The second-order valence-electron chi connectivity index (χ2n) is 9.36. The Morgan fingerprint density at radius 1 is 1.00 bits per heavy atom. The zero-order chi connectivity index (χ0) is 24.4. The Morgan fingerprint density at radius 3 is 2.60 bits per heavy atom. The topological polar surface area (TPSA) is 97.3 Å². The SMILES string of the molecule is CC(C)(C)c1cc(NC(=O)NCc2cccc(-c3cnc4cc(-c5ccncc5)ccn34)c2)on1. The number of aromatic nitrogens is 4. The number of rotatable bonds is 5. The van der Waals surface area contributed by atoms with Crippen molar-refractivity contribution in [2.45, 2.75) is 32.7 Å². The molecule has 1 aromatic carbocycles.